The molecule has 2 amide bonds. The molecule has 1 N–H and O–H groups in total. The number of halogens is 6. The van der Waals surface area contributed by atoms with E-state index in [9.17, 15) is 41.0 Å². The van der Waals surface area contributed by atoms with Gasteiger partial charge < -0.3 is 19.6 Å². The quantitative estimate of drug-likeness (QED) is 0.467. The molecule has 2 aromatic heterocycles. The fourth-order valence-electron chi connectivity index (χ4n) is 7.17. The number of aliphatic hydroxyl groups excluding tert-OH is 1. The van der Waals surface area contributed by atoms with Gasteiger partial charge in [0, 0.05) is 60.0 Å². The van der Waals surface area contributed by atoms with Crippen molar-refractivity contribution in [1.82, 2.24) is 14.8 Å². The highest BCUT2D eigenvalue weighted by Gasteiger charge is 2.59. The van der Waals surface area contributed by atoms with E-state index in [1.54, 1.807) is 25.7 Å². The van der Waals surface area contributed by atoms with Gasteiger partial charge in [-0.05, 0) is 46.1 Å². The van der Waals surface area contributed by atoms with E-state index in [2.05, 4.69) is 4.98 Å². The van der Waals surface area contributed by atoms with Crippen molar-refractivity contribution < 1.29 is 45.8 Å². The van der Waals surface area contributed by atoms with Crippen LogP contribution >= 0.6 is 11.3 Å². The highest BCUT2D eigenvalue weighted by atomic mass is 32.1. The van der Waals surface area contributed by atoms with Gasteiger partial charge in [-0.1, -0.05) is 0 Å². The number of hydrogen-bond acceptors (Lipinski definition) is 7. The third kappa shape index (κ3) is 5.51. The summed E-state index contributed by atoms with van der Waals surface area (Å²) in [5.74, 6) is -0.760. The number of carbonyl (C=O) groups excluding carboxylic acids is 2. The summed E-state index contributed by atoms with van der Waals surface area (Å²) in [6.45, 7) is 6.06. The average molecular weight is 635 g/mol. The minimum atomic E-state index is -4.76. The Kier molecular flexibility index (Phi) is 6.92. The molecule has 0 unspecified atom stereocenters. The predicted molar refractivity (Wildman–Crippen MR) is 145 cm³/mol. The van der Waals surface area contributed by atoms with Crippen LogP contribution in [0, 0.1) is 11.3 Å². The monoisotopic (exact) mass is 634 g/mol. The van der Waals surface area contributed by atoms with E-state index < -0.39 is 59.5 Å². The molecule has 0 radical (unpaired) electrons. The van der Waals surface area contributed by atoms with Crippen molar-refractivity contribution >= 4 is 39.2 Å². The molecule has 43 heavy (non-hydrogen) atoms. The number of likely N-dealkylation sites (tertiary alicyclic amines) is 1. The van der Waals surface area contributed by atoms with Crippen LogP contribution in [0.3, 0.4) is 0 Å². The SMILES string of the molecule is CC(C)(C)OC(=O)N1[C@H]2CC[C@H]([C@H](O)C2)[C@H]1C(=O)N1CC2(C1)CN(c1c(C(F)(F)F)cnc3sc(CC(F)(F)F)cc13)C2. The first-order valence-corrected chi connectivity index (χ1v) is 14.9. The van der Waals surface area contributed by atoms with Crippen molar-refractivity contribution in [3.05, 3.63) is 22.7 Å². The number of aromatic nitrogens is 1. The van der Waals surface area contributed by atoms with E-state index in [0.29, 0.717) is 25.5 Å². The molecule has 4 aliphatic heterocycles. The third-order valence-corrected chi connectivity index (χ3v) is 9.84. The van der Waals surface area contributed by atoms with Gasteiger partial charge in [0.15, 0.2) is 0 Å². The summed E-state index contributed by atoms with van der Waals surface area (Å²) in [6.07, 6.45) is -9.61. The van der Waals surface area contributed by atoms with Crippen molar-refractivity contribution in [1.29, 1.82) is 0 Å². The molecule has 15 heteroatoms. The molecule has 1 aliphatic carbocycles. The summed E-state index contributed by atoms with van der Waals surface area (Å²) < 4.78 is 86.5. The van der Waals surface area contributed by atoms with Crippen LogP contribution in [-0.4, -0.2) is 88.0 Å². The Morgan fingerprint density at radius 2 is 1.77 bits per heavy atom. The maximum Gasteiger partial charge on any atom is 0.419 e. The molecule has 5 aliphatic rings. The van der Waals surface area contributed by atoms with Gasteiger partial charge in [-0.3, -0.25) is 9.69 Å². The van der Waals surface area contributed by atoms with E-state index in [4.69, 9.17) is 4.74 Å². The number of rotatable bonds is 3. The molecule has 4 saturated heterocycles. The van der Waals surface area contributed by atoms with E-state index in [1.807, 2.05) is 0 Å². The largest absolute Gasteiger partial charge is 0.444 e. The topological polar surface area (TPSA) is 86.2 Å². The lowest BCUT2D eigenvalue weighted by Crippen LogP contribution is -2.76. The number of hydrogen-bond donors (Lipinski definition) is 1. The van der Waals surface area contributed by atoms with Crippen LogP contribution in [0.25, 0.3) is 10.2 Å². The van der Waals surface area contributed by atoms with Gasteiger partial charge >= 0.3 is 18.4 Å². The third-order valence-electron chi connectivity index (χ3n) is 8.79. The number of thiophene rings is 1. The lowest BCUT2D eigenvalue weighted by molar-refractivity contribution is -0.166. The van der Waals surface area contributed by atoms with Gasteiger partial charge in [0.1, 0.15) is 16.5 Å². The summed E-state index contributed by atoms with van der Waals surface area (Å²) in [5.41, 5.74) is -2.47. The minimum Gasteiger partial charge on any atom is -0.444 e. The second-order valence-electron chi connectivity index (χ2n) is 13.3. The zero-order valence-corrected chi connectivity index (χ0v) is 24.6. The zero-order chi connectivity index (χ0) is 31.3. The highest BCUT2D eigenvalue weighted by molar-refractivity contribution is 7.18. The number of aliphatic hydroxyl groups is 1. The fourth-order valence-corrected chi connectivity index (χ4v) is 8.20. The molecular weight excluding hydrogens is 602 g/mol. The maximum atomic E-state index is 14.0. The van der Waals surface area contributed by atoms with Crippen LogP contribution in [-0.2, 0) is 22.1 Å². The van der Waals surface area contributed by atoms with E-state index >= 15 is 0 Å². The number of nitrogens with zero attached hydrogens (tertiary/aromatic N) is 4. The summed E-state index contributed by atoms with van der Waals surface area (Å²) in [4.78, 5) is 35.2. The van der Waals surface area contributed by atoms with Crippen LogP contribution in [0.2, 0.25) is 0 Å². The Bertz CT molecular complexity index is 1440. The zero-order valence-electron chi connectivity index (χ0n) is 23.8. The van der Waals surface area contributed by atoms with Gasteiger partial charge in [-0.25, -0.2) is 9.78 Å². The molecule has 6 heterocycles. The van der Waals surface area contributed by atoms with E-state index in [1.165, 1.54) is 9.80 Å². The number of ether oxygens (including phenoxy) is 1. The summed E-state index contributed by atoms with van der Waals surface area (Å²) >= 11 is 0.720. The first kappa shape index (κ1) is 30.2. The second kappa shape index (κ2) is 9.85. The van der Waals surface area contributed by atoms with Crippen molar-refractivity contribution in [3.63, 3.8) is 0 Å². The summed E-state index contributed by atoms with van der Waals surface area (Å²) in [7, 11) is 0. The van der Waals surface area contributed by atoms with Gasteiger partial charge in [-0.15, -0.1) is 11.3 Å². The maximum absolute atomic E-state index is 14.0. The average Bonchev–Trinajstić information content (AvgIpc) is 3.20. The van der Waals surface area contributed by atoms with E-state index in [0.717, 1.165) is 17.4 Å². The number of carbonyl (C=O) groups is 2. The molecule has 0 aromatic carbocycles. The van der Waals surface area contributed by atoms with Crippen molar-refractivity contribution in [2.24, 2.45) is 11.3 Å². The van der Waals surface area contributed by atoms with Crippen molar-refractivity contribution in [2.75, 3.05) is 31.1 Å². The predicted octanol–water partition coefficient (Wildman–Crippen LogP) is 5.22. The minimum absolute atomic E-state index is 0.0291. The molecule has 2 bridgehead atoms. The van der Waals surface area contributed by atoms with Crippen LogP contribution < -0.4 is 4.90 Å². The molecule has 1 saturated carbocycles. The molecule has 1 spiro atoms. The first-order chi connectivity index (χ1) is 19.8. The van der Waals surface area contributed by atoms with Crippen LogP contribution in [0.1, 0.15) is 50.5 Å². The summed E-state index contributed by atoms with van der Waals surface area (Å²) in [6, 6.07) is -0.0807. The van der Waals surface area contributed by atoms with Gasteiger partial charge in [0.25, 0.3) is 0 Å². The number of alkyl halides is 6. The van der Waals surface area contributed by atoms with Gasteiger partial charge in [0.2, 0.25) is 5.91 Å². The standard InChI is InChI=1S/C28H32F6N4O4S/c1-25(2,3)42-24(41)38-14-4-5-16(19(39)6-14)21(38)23(40)37-12-26(13-37)10-36(11-26)20-17-7-15(8-27(29,30)31)43-22(17)35-9-18(20)28(32,33)34/h7,9,14,16,19,21,39H,4-6,8,10-13H2,1-3H3/t14-,16+,19+,21-/m0/s1. The molecule has 2 aromatic rings. The number of amides is 2. The van der Waals surface area contributed by atoms with Crippen molar-refractivity contribution in [3.8, 4) is 0 Å². The Morgan fingerprint density at radius 1 is 1.09 bits per heavy atom. The van der Waals surface area contributed by atoms with Crippen LogP contribution in [0.15, 0.2) is 12.3 Å². The normalized spacial score (nSPS) is 27.0. The number of anilines is 1. The number of pyridine rings is 1. The summed E-state index contributed by atoms with van der Waals surface area (Å²) in [5, 5.41) is 10.7. The van der Waals surface area contributed by atoms with Crippen LogP contribution in [0.4, 0.5) is 36.8 Å². The smallest absolute Gasteiger partial charge is 0.419 e. The molecule has 236 valence electrons. The second-order valence-corrected chi connectivity index (χ2v) is 14.4. The lowest BCUT2D eigenvalue weighted by atomic mass is 9.69. The molecule has 4 atom stereocenters. The molecule has 8 nitrogen and oxygen atoms in total. The fraction of sp³-hybridized carbons (Fsp3) is 0.679. The Labute approximate surface area is 247 Å². The highest BCUT2D eigenvalue weighted by Crippen LogP contribution is 2.50. The van der Waals surface area contributed by atoms with Crippen LogP contribution in [0.5, 0.6) is 0 Å². The first-order valence-electron chi connectivity index (χ1n) is 14.1. The molecule has 5 fully saturated rings. The van der Waals surface area contributed by atoms with Crippen molar-refractivity contribution in [2.45, 2.75) is 82.6 Å². The Hall–Kier alpha value is -2.81. The van der Waals surface area contributed by atoms with Gasteiger partial charge in [0.05, 0.1) is 23.8 Å². The molecule has 7 rings (SSSR count). The number of fused-ring (bicyclic) bond motifs is 4. The van der Waals surface area contributed by atoms with Gasteiger partial charge in [-0.2, -0.15) is 26.3 Å². The van der Waals surface area contributed by atoms with E-state index in [-0.39, 0.29) is 58.9 Å². The Morgan fingerprint density at radius 3 is 2.35 bits per heavy atom. The Balaban J connectivity index is 1.19. The lowest BCUT2D eigenvalue weighted by Gasteiger charge is -2.62. The molecular formula is C28H32F6N4O4S. The number of piperidine rings is 2.